The summed E-state index contributed by atoms with van der Waals surface area (Å²) in [5.74, 6) is 0.532. The van der Waals surface area contributed by atoms with E-state index in [9.17, 15) is 14.7 Å². The van der Waals surface area contributed by atoms with Crippen molar-refractivity contribution < 1.29 is 24.2 Å². The zero-order valence-electron chi connectivity index (χ0n) is 22.7. The van der Waals surface area contributed by atoms with Crippen LogP contribution in [0, 0.1) is 50.2 Å². The molecule has 0 aromatic rings. The van der Waals surface area contributed by atoms with E-state index in [1.165, 1.54) is 0 Å². The molecule has 5 saturated carbocycles. The monoisotopic (exact) mass is 484 g/mol. The van der Waals surface area contributed by atoms with Crippen LogP contribution in [0.3, 0.4) is 0 Å². The molecule has 0 amide bonds. The topological polar surface area (TPSA) is 76.1 Å². The molecule has 0 aromatic carbocycles. The highest BCUT2D eigenvalue weighted by Crippen LogP contribution is 2.83. The number of hydrogen-bond donors (Lipinski definition) is 1. The largest absolute Gasteiger partial charge is 0.454 e. The fourth-order valence-electron chi connectivity index (χ4n) is 12.0. The van der Waals surface area contributed by atoms with E-state index >= 15 is 0 Å². The molecule has 0 unspecified atom stereocenters. The highest BCUT2D eigenvalue weighted by Gasteiger charge is 2.90. The summed E-state index contributed by atoms with van der Waals surface area (Å²) in [7, 11) is 0. The van der Waals surface area contributed by atoms with Gasteiger partial charge in [-0.2, -0.15) is 0 Å². The molecule has 5 heteroatoms. The Morgan fingerprint density at radius 2 is 1.60 bits per heavy atom. The maximum absolute atomic E-state index is 14.2. The Morgan fingerprint density at radius 3 is 2.31 bits per heavy atom. The van der Waals surface area contributed by atoms with Crippen molar-refractivity contribution in [3.05, 3.63) is 0 Å². The van der Waals surface area contributed by atoms with E-state index in [-0.39, 0.29) is 57.6 Å². The van der Waals surface area contributed by atoms with Gasteiger partial charge in [0.2, 0.25) is 0 Å². The number of epoxide rings is 1. The van der Waals surface area contributed by atoms with Crippen LogP contribution in [0.1, 0.15) is 99.8 Å². The zero-order chi connectivity index (χ0) is 25.2. The molecule has 2 saturated heterocycles. The molecule has 35 heavy (non-hydrogen) atoms. The summed E-state index contributed by atoms with van der Waals surface area (Å²) in [4.78, 5) is 27.9. The minimum atomic E-state index is -0.952. The van der Waals surface area contributed by atoms with E-state index in [1.807, 2.05) is 0 Å². The van der Waals surface area contributed by atoms with Crippen LogP contribution in [0.4, 0.5) is 0 Å². The lowest BCUT2D eigenvalue weighted by Gasteiger charge is -2.72. The first-order valence-corrected chi connectivity index (χ1v) is 14.2. The van der Waals surface area contributed by atoms with Gasteiger partial charge in [-0.05, 0) is 78.4 Å². The van der Waals surface area contributed by atoms with Crippen LogP contribution >= 0.6 is 0 Å². The van der Waals surface area contributed by atoms with Crippen molar-refractivity contribution in [2.75, 3.05) is 0 Å². The second kappa shape index (κ2) is 6.03. The van der Waals surface area contributed by atoms with Gasteiger partial charge in [0, 0.05) is 17.8 Å². The van der Waals surface area contributed by atoms with E-state index in [0.717, 1.165) is 38.5 Å². The van der Waals surface area contributed by atoms with Crippen molar-refractivity contribution in [2.24, 2.45) is 50.2 Å². The molecule has 11 atom stereocenters. The van der Waals surface area contributed by atoms with Crippen molar-refractivity contribution in [3.8, 4) is 0 Å². The number of hydrogen-bond acceptors (Lipinski definition) is 5. The van der Waals surface area contributed by atoms with Gasteiger partial charge in [-0.15, -0.1) is 0 Å². The molecule has 0 aromatic heterocycles. The number of esters is 1. The Labute approximate surface area is 210 Å². The van der Waals surface area contributed by atoms with Gasteiger partial charge in [-0.3, -0.25) is 9.59 Å². The average Bonchev–Trinajstić information content (AvgIpc) is 3.49. The van der Waals surface area contributed by atoms with Gasteiger partial charge in [-0.1, -0.05) is 48.5 Å². The van der Waals surface area contributed by atoms with Crippen molar-refractivity contribution in [3.63, 3.8) is 0 Å². The van der Waals surface area contributed by atoms with Crippen LogP contribution in [0.2, 0.25) is 0 Å². The smallest absolute Gasteiger partial charge is 0.320 e. The van der Waals surface area contributed by atoms with Gasteiger partial charge in [0.15, 0.2) is 11.4 Å². The van der Waals surface area contributed by atoms with Gasteiger partial charge in [0.05, 0.1) is 12.2 Å². The third-order valence-electron chi connectivity index (χ3n) is 14.0. The van der Waals surface area contributed by atoms with Gasteiger partial charge < -0.3 is 14.6 Å². The molecule has 7 fully saturated rings. The summed E-state index contributed by atoms with van der Waals surface area (Å²) in [5.41, 5.74) is -2.27. The first-order chi connectivity index (χ1) is 16.1. The molecule has 5 aliphatic carbocycles. The highest BCUT2D eigenvalue weighted by atomic mass is 16.6. The minimum Gasteiger partial charge on any atom is -0.454 e. The van der Waals surface area contributed by atoms with E-state index in [0.29, 0.717) is 24.7 Å². The molecular weight excluding hydrogens is 440 g/mol. The SMILES string of the molecule is CC1(C)CC[C@@]23C(=O)C[C@]4(C)[C@@](OC2=O)([C@@H]3C1)[C@H]1O[C@H]1[C@@H]1[C@@]2(C)CC[C@H](O)C(C)(C)[C@@H]2CC[C@]14C. The van der Waals surface area contributed by atoms with Crippen molar-refractivity contribution in [2.45, 2.75) is 124 Å². The second-order valence-corrected chi connectivity index (χ2v) is 15.9. The van der Waals surface area contributed by atoms with Crippen molar-refractivity contribution >= 4 is 11.8 Å². The number of carbonyl (C=O) groups is 2. The number of aliphatic hydroxyl groups excluding tert-OH is 1. The van der Waals surface area contributed by atoms with Crippen LogP contribution in [-0.2, 0) is 19.1 Å². The summed E-state index contributed by atoms with van der Waals surface area (Å²) in [6.45, 7) is 16.2. The lowest BCUT2D eigenvalue weighted by Crippen LogP contribution is -2.76. The first-order valence-electron chi connectivity index (χ1n) is 14.2. The molecule has 2 heterocycles. The van der Waals surface area contributed by atoms with E-state index in [2.05, 4.69) is 48.5 Å². The fourth-order valence-corrected chi connectivity index (χ4v) is 12.0. The summed E-state index contributed by atoms with van der Waals surface area (Å²) in [5, 5.41) is 11.0. The first kappa shape index (κ1) is 23.2. The summed E-state index contributed by atoms with van der Waals surface area (Å²) in [6, 6.07) is 0. The molecule has 5 nitrogen and oxygen atoms in total. The van der Waals surface area contributed by atoms with Gasteiger partial charge in [0.1, 0.15) is 11.5 Å². The molecule has 0 radical (unpaired) electrons. The number of ketones is 1. The average molecular weight is 485 g/mol. The third kappa shape index (κ3) is 2.18. The minimum absolute atomic E-state index is 0.0335. The molecule has 7 aliphatic rings. The number of aliphatic hydroxyl groups is 1. The van der Waals surface area contributed by atoms with Crippen molar-refractivity contribution in [1.29, 1.82) is 0 Å². The number of Topliss-reactive ketones (excluding diaryl/α,β-unsaturated/α-hetero) is 1. The number of ether oxygens (including phenoxy) is 2. The Kier molecular flexibility index (Phi) is 4.00. The van der Waals surface area contributed by atoms with Gasteiger partial charge in [0.25, 0.3) is 0 Å². The molecule has 1 N–H and O–H groups in total. The quantitative estimate of drug-likeness (QED) is 0.295. The summed E-state index contributed by atoms with van der Waals surface area (Å²) >= 11 is 0. The Bertz CT molecular complexity index is 1050. The molecule has 194 valence electrons. The summed E-state index contributed by atoms with van der Waals surface area (Å²) in [6.07, 6.45) is 6.35. The number of rotatable bonds is 0. The number of carbonyl (C=O) groups excluding carboxylic acids is 2. The third-order valence-corrected chi connectivity index (χ3v) is 14.0. The maximum Gasteiger partial charge on any atom is 0.320 e. The zero-order valence-corrected chi connectivity index (χ0v) is 22.7. The lowest BCUT2D eigenvalue weighted by molar-refractivity contribution is -0.269. The van der Waals surface area contributed by atoms with Crippen LogP contribution in [0.25, 0.3) is 0 Å². The standard InChI is InChI=1S/C30H44O5/c1-24(2)12-13-29-17(14-24)30(35-23(29)33)22-20(34-22)21-26(5)10-9-18(31)25(3,4)16(26)8-11-27(21,6)28(30,7)15-19(29)32/h16-18,20-22,31H,8-15H2,1-7H3/t16-,17+,18-,20-,21+,22-,26-,27+,28-,29+,30+/m0/s1. The van der Waals surface area contributed by atoms with E-state index < -0.39 is 16.4 Å². The molecule has 1 spiro atoms. The molecule has 2 aliphatic heterocycles. The van der Waals surface area contributed by atoms with Gasteiger partial charge >= 0.3 is 5.97 Å². The predicted octanol–water partition coefficient (Wildman–Crippen LogP) is 5.07. The fraction of sp³-hybridized carbons (Fsp3) is 0.933. The summed E-state index contributed by atoms with van der Waals surface area (Å²) < 4.78 is 13.4. The van der Waals surface area contributed by atoms with Crippen LogP contribution in [-0.4, -0.2) is 40.8 Å². The Morgan fingerprint density at radius 1 is 0.886 bits per heavy atom. The number of fused-ring (bicyclic) bond motifs is 6. The Balaban J connectivity index is 1.41. The van der Waals surface area contributed by atoms with Gasteiger partial charge in [-0.25, -0.2) is 0 Å². The molecule has 2 bridgehead atoms. The van der Waals surface area contributed by atoms with E-state index in [1.54, 1.807) is 0 Å². The predicted molar refractivity (Wildman–Crippen MR) is 130 cm³/mol. The Hall–Kier alpha value is -0.940. The molecule has 7 rings (SSSR count). The molecular formula is C30H44O5. The normalized spacial score (nSPS) is 60.9. The lowest BCUT2D eigenvalue weighted by atomic mass is 9.30. The van der Waals surface area contributed by atoms with Crippen LogP contribution in [0.15, 0.2) is 0 Å². The van der Waals surface area contributed by atoms with E-state index in [4.69, 9.17) is 9.47 Å². The highest BCUT2D eigenvalue weighted by molar-refractivity contribution is 6.08. The van der Waals surface area contributed by atoms with Crippen LogP contribution in [0.5, 0.6) is 0 Å². The van der Waals surface area contributed by atoms with Crippen LogP contribution < -0.4 is 0 Å². The second-order valence-electron chi connectivity index (χ2n) is 15.9. The van der Waals surface area contributed by atoms with Crippen molar-refractivity contribution in [1.82, 2.24) is 0 Å². The maximum atomic E-state index is 14.2.